The van der Waals surface area contributed by atoms with Crippen LogP contribution in [0.2, 0.25) is 0 Å². The Bertz CT molecular complexity index is 1090. The lowest BCUT2D eigenvalue weighted by atomic mass is 10.0. The van der Waals surface area contributed by atoms with Crippen molar-refractivity contribution in [1.82, 2.24) is 0 Å². The van der Waals surface area contributed by atoms with E-state index in [2.05, 4.69) is 69.4 Å². The van der Waals surface area contributed by atoms with Crippen LogP contribution in [-0.4, -0.2) is 37.2 Å². The molecular weight excluding hydrogens is 769 g/mol. The average Bonchev–Trinajstić information content (AvgIpc) is 3.27. The van der Waals surface area contributed by atoms with Crippen molar-refractivity contribution in [1.29, 1.82) is 0 Å². The Kier molecular flexibility index (Phi) is 48.8. The molecule has 0 heterocycles. The van der Waals surface area contributed by atoms with Crippen LogP contribution < -0.4 is 0 Å². The molecule has 0 radical (unpaired) electrons. The Morgan fingerprint density at radius 3 is 0.919 bits per heavy atom. The fourth-order valence-electron chi connectivity index (χ4n) is 7.50. The molecule has 0 spiro atoms. The van der Waals surface area contributed by atoms with Gasteiger partial charge in [0.05, 0.1) is 0 Å². The van der Waals surface area contributed by atoms with Crippen LogP contribution >= 0.6 is 0 Å². The lowest BCUT2D eigenvalue weighted by Crippen LogP contribution is -2.30. The third-order valence-corrected chi connectivity index (χ3v) is 11.6. The summed E-state index contributed by atoms with van der Waals surface area (Å²) in [7, 11) is 0. The van der Waals surface area contributed by atoms with E-state index in [1.165, 1.54) is 141 Å². The van der Waals surface area contributed by atoms with E-state index >= 15 is 0 Å². The van der Waals surface area contributed by atoms with Gasteiger partial charge in [-0.2, -0.15) is 0 Å². The highest BCUT2D eigenvalue weighted by Crippen LogP contribution is 2.15. The van der Waals surface area contributed by atoms with Crippen molar-refractivity contribution in [3.8, 4) is 0 Å². The first-order chi connectivity index (χ1) is 30.5. The lowest BCUT2D eigenvalue weighted by Gasteiger charge is -2.18. The van der Waals surface area contributed by atoms with Crippen molar-refractivity contribution < 1.29 is 28.6 Å². The Hall–Kier alpha value is -2.63. The second-order valence-corrected chi connectivity index (χ2v) is 17.8. The van der Waals surface area contributed by atoms with Gasteiger partial charge in [-0.15, -0.1) is 0 Å². The quantitative estimate of drug-likeness (QED) is 0.0262. The number of unbranched alkanes of at least 4 members (excludes halogenated alkanes) is 29. The smallest absolute Gasteiger partial charge is 0.306 e. The van der Waals surface area contributed by atoms with E-state index in [4.69, 9.17) is 14.2 Å². The summed E-state index contributed by atoms with van der Waals surface area (Å²) >= 11 is 0. The summed E-state index contributed by atoms with van der Waals surface area (Å²) < 4.78 is 16.8. The van der Waals surface area contributed by atoms with Gasteiger partial charge < -0.3 is 14.2 Å². The maximum absolute atomic E-state index is 12.8. The van der Waals surface area contributed by atoms with Gasteiger partial charge in [0.25, 0.3) is 0 Å². The Morgan fingerprint density at radius 2 is 0.581 bits per heavy atom. The largest absolute Gasteiger partial charge is 0.462 e. The molecule has 0 unspecified atom stereocenters. The maximum Gasteiger partial charge on any atom is 0.306 e. The minimum atomic E-state index is -0.780. The van der Waals surface area contributed by atoms with Crippen LogP contribution in [-0.2, 0) is 28.6 Å². The number of ether oxygens (including phenoxy) is 3. The molecule has 0 aliphatic rings. The number of carbonyl (C=O) groups excluding carboxylic acids is 3. The molecule has 6 nitrogen and oxygen atoms in total. The molecule has 0 saturated heterocycles. The molecule has 0 aromatic carbocycles. The fraction of sp³-hybridized carbons (Fsp3) is 0.804. The van der Waals surface area contributed by atoms with E-state index in [9.17, 15) is 14.4 Å². The third-order valence-electron chi connectivity index (χ3n) is 11.6. The Balaban J connectivity index is 4.39. The summed E-state index contributed by atoms with van der Waals surface area (Å²) in [5.74, 6) is -0.892. The zero-order valence-corrected chi connectivity index (χ0v) is 41.1. The van der Waals surface area contributed by atoms with Crippen LogP contribution in [0, 0.1) is 0 Å². The second kappa shape index (κ2) is 51.0. The molecule has 0 fully saturated rings. The van der Waals surface area contributed by atoms with Crippen LogP contribution in [0.1, 0.15) is 271 Å². The summed E-state index contributed by atoms with van der Waals surface area (Å²) in [6, 6.07) is 0. The molecule has 0 aliphatic carbocycles. The minimum absolute atomic E-state index is 0.0786. The molecule has 62 heavy (non-hydrogen) atoms. The van der Waals surface area contributed by atoms with Crippen LogP contribution in [0.5, 0.6) is 0 Å². The fourth-order valence-corrected chi connectivity index (χ4v) is 7.50. The molecule has 0 aliphatic heterocycles. The van der Waals surface area contributed by atoms with E-state index in [0.29, 0.717) is 19.3 Å². The number of esters is 3. The van der Waals surface area contributed by atoms with E-state index in [-0.39, 0.29) is 31.1 Å². The minimum Gasteiger partial charge on any atom is -0.462 e. The molecule has 360 valence electrons. The summed E-state index contributed by atoms with van der Waals surface area (Å²) in [6.07, 6.45) is 60.8. The zero-order valence-electron chi connectivity index (χ0n) is 41.1. The maximum atomic E-state index is 12.8. The second-order valence-electron chi connectivity index (χ2n) is 17.8. The molecule has 0 bridgehead atoms. The van der Waals surface area contributed by atoms with Crippen LogP contribution in [0.3, 0.4) is 0 Å². The van der Waals surface area contributed by atoms with Gasteiger partial charge in [0.2, 0.25) is 0 Å². The summed E-state index contributed by atoms with van der Waals surface area (Å²) in [5, 5.41) is 0. The monoisotopic (exact) mass is 869 g/mol. The molecule has 0 aromatic heterocycles. The van der Waals surface area contributed by atoms with E-state index in [0.717, 1.165) is 89.9 Å². The molecule has 0 rings (SSSR count). The van der Waals surface area contributed by atoms with Crippen molar-refractivity contribution >= 4 is 17.9 Å². The zero-order chi connectivity index (χ0) is 45.1. The highest BCUT2D eigenvalue weighted by molar-refractivity contribution is 5.71. The van der Waals surface area contributed by atoms with Gasteiger partial charge in [-0.1, -0.05) is 217 Å². The Morgan fingerprint density at radius 1 is 0.323 bits per heavy atom. The number of allylic oxidation sites excluding steroid dienone is 8. The summed E-state index contributed by atoms with van der Waals surface area (Å²) in [5.41, 5.74) is 0. The van der Waals surface area contributed by atoms with Crippen LogP contribution in [0.15, 0.2) is 48.6 Å². The summed E-state index contributed by atoms with van der Waals surface area (Å²) in [4.78, 5) is 38.0. The van der Waals surface area contributed by atoms with Crippen molar-refractivity contribution in [2.24, 2.45) is 0 Å². The van der Waals surface area contributed by atoms with Gasteiger partial charge >= 0.3 is 17.9 Å². The van der Waals surface area contributed by atoms with Gasteiger partial charge in [-0.3, -0.25) is 14.4 Å². The van der Waals surface area contributed by atoms with Crippen molar-refractivity contribution in [3.05, 3.63) is 48.6 Å². The van der Waals surface area contributed by atoms with E-state index < -0.39 is 6.10 Å². The molecule has 0 N–H and O–H groups in total. The average molecular weight is 869 g/mol. The third kappa shape index (κ3) is 48.4. The first-order valence-corrected chi connectivity index (χ1v) is 26.6. The summed E-state index contributed by atoms with van der Waals surface area (Å²) in [6.45, 7) is 6.58. The highest BCUT2D eigenvalue weighted by Gasteiger charge is 2.19. The van der Waals surface area contributed by atoms with Crippen molar-refractivity contribution in [2.75, 3.05) is 13.2 Å². The van der Waals surface area contributed by atoms with Crippen molar-refractivity contribution in [3.63, 3.8) is 0 Å². The number of carbonyl (C=O) groups is 3. The van der Waals surface area contributed by atoms with Gasteiger partial charge in [-0.25, -0.2) is 0 Å². The van der Waals surface area contributed by atoms with Gasteiger partial charge in [-0.05, 0) is 83.5 Å². The number of hydrogen-bond acceptors (Lipinski definition) is 6. The van der Waals surface area contributed by atoms with Crippen molar-refractivity contribution in [2.45, 2.75) is 277 Å². The van der Waals surface area contributed by atoms with Crippen LogP contribution in [0.25, 0.3) is 0 Å². The Labute approximate surface area is 384 Å². The highest BCUT2D eigenvalue weighted by atomic mass is 16.6. The predicted molar refractivity (Wildman–Crippen MR) is 265 cm³/mol. The molecule has 0 aromatic rings. The normalized spacial score (nSPS) is 12.4. The van der Waals surface area contributed by atoms with Gasteiger partial charge in [0.15, 0.2) is 6.10 Å². The molecule has 0 saturated carbocycles. The van der Waals surface area contributed by atoms with E-state index in [1.807, 2.05) is 0 Å². The number of hydrogen-bond donors (Lipinski definition) is 0. The van der Waals surface area contributed by atoms with Crippen LogP contribution in [0.4, 0.5) is 0 Å². The predicted octanol–water partition coefficient (Wildman–Crippen LogP) is 17.5. The lowest BCUT2D eigenvalue weighted by molar-refractivity contribution is -0.167. The molecular formula is C56H100O6. The number of rotatable bonds is 48. The SMILES string of the molecule is CCCCC/C=C\C/C=C\CCCCCCCCCC(=O)O[C@H](COC(=O)CCCCCCC/C=C\C/C=C\CCCCC)COC(=O)CCCCCCCCCCCCCC. The first-order valence-electron chi connectivity index (χ1n) is 26.6. The van der Waals surface area contributed by atoms with Gasteiger partial charge in [0, 0.05) is 19.3 Å². The standard InChI is InChI=1S/C56H100O6/c1-4-7-10-13-16-19-22-25-27-28-30-32-35-38-41-44-47-50-56(59)62-53(51-60-54(57)48-45-42-39-36-33-24-21-18-15-12-9-6-3)52-61-55(58)49-46-43-40-37-34-31-29-26-23-20-17-14-11-8-5-2/h16-17,19-20,25-27,29,53H,4-15,18,21-24,28,30-52H2,1-3H3/b19-16-,20-17-,27-25-,29-26-/t53-/m0/s1. The molecule has 6 heteroatoms. The topological polar surface area (TPSA) is 78.9 Å². The first kappa shape index (κ1) is 59.4. The van der Waals surface area contributed by atoms with E-state index in [1.54, 1.807) is 0 Å². The molecule has 0 amide bonds. The molecule has 1 atom stereocenters. The van der Waals surface area contributed by atoms with Gasteiger partial charge in [0.1, 0.15) is 13.2 Å².